The van der Waals surface area contributed by atoms with Gasteiger partial charge in [0.2, 0.25) is 0 Å². The number of oxazole rings is 1. The first-order valence-corrected chi connectivity index (χ1v) is 9.80. The number of fused-ring (bicyclic) bond motifs is 1. The van der Waals surface area contributed by atoms with Gasteiger partial charge in [0.15, 0.2) is 11.4 Å². The van der Waals surface area contributed by atoms with Gasteiger partial charge in [0.1, 0.15) is 5.75 Å². The van der Waals surface area contributed by atoms with Crippen molar-refractivity contribution in [3.05, 3.63) is 58.6 Å². The molecule has 3 aromatic rings. The maximum absolute atomic E-state index is 12.6. The molecular formula is C22H25N3O4. The average molecular weight is 395 g/mol. The summed E-state index contributed by atoms with van der Waals surface area (Å²) in [5.74, 6) is 0.530. The fourth-order valence-corrected chi connectivity index (χ4v) is 3.81. The van der Waals surface area contributed by atoms with E-state index in [-0.39, 0.29) is 5.78 Å². The second-order valence-electron chi connectivity index (χ2n) is 7.28. The van der Waals surface area contributed by atoms with Crippen LogP contribution >= 0.6 is 0 Å². The van der Waals surface area contributed by atoms with Crippen molar-refractivity contribution in [1.82, 2.24) is 9.47 Å². The number of carbonyl (C=O) groups is 1. The summed E-state index contributed by atoms with van der Waals surface area (Å²) in [5, 5.41) is 0. The van der Waals surface area contributed by atoms with E-state index in [1.807, 2.05) is 18.2 Å². The molecule has 2 aromatic carbocycles. The van der Waals surface area contributed by atoms with E-state index in [4.69, 9.17) is 9.15 Å². The van der Waals surface area contributed by atoms with E-state index in [1.54, 1.807) is 32.4 Å². The quantitative estimate of drug-likeness (QED) is 0.598. The highest BCUT2D eigenvalue weighted by atomic mass is 16.5. The highest BCUT2D eigenvalue weighted by Crippen LogP contribution is 2.28. The molecule has 29 heavy (non-hydrogen) atoms. The molecular weight excluding hydrogens is 370 g/mol. The second-order valence-corrected chi connectivity index (χ2v) is 7.28. The minimum absolute atomic E-state index is 0.0607. The summed E-state index contributed by atoms with van der Waals surface area (Å²) in [5.41, 5.74) is 2.84. The van der Waals surface area contributed by atoms with Crippen LogP contribution in [0.25, 0.3) is 11.1 Å². The molecule has 0 atom stereocenters. The lowest BCUT2D eigenvalue weighted by Gasteiger charge is -2.36. The predicted octanol–water partition coefficient (Wildman–Crippen LogP) is 2.54. The molecule has 0 unspecified atom stereocenters. The first-order chi connectivity index (χ1) is 14.1. The van der Waals surface area contributed by atoms with Crippen LogP contribution in [0.5, 0.6) is 5.75 Å². The molecule has 0 saturated carbocycles. The fraction of sp³-hybridized carbons (Fsp3) is 0.364. The third kappa shape index (κ3) is 3.91. The number of ketones is 1. The van der Waals surface area contributed by atoms with Gasteiger partial charge in [-0.1, -0.05) is 12.1 Å². The zero-order valence-corrected chi connectivity index (χ0v) is 16.8. The van der Waals surface area contributed by atoms with Gasteiger partial charge >= 0.3 is 5.76 Å². The second kappa shape index (κ2) is 8.13. The third-order valence-electron chi connectivity index (χ3n) is 5.57. The topological polar surface area (TPSA) is 67.9 Å². The van der Waals surface area contributed by atoms with Crippen molar-refractivity contribution in [3.63, 3.8) is 0 Å². The van der Waals surface area contributed by atoms with Crippen molar-refractivity contribution < 1.29 is 13.9 Å². The first-order valence-electron chi connectivity index (χ1n) is 9.80. The monoisotopic (exact) mass is 395 g/mol. The molecule has 7 nitrogen and oxygen atoms in total. The third-order valence-corrected chi connectivity index (χ3v) is 5.57. The minimum Gasteiger partial charge on any atom is -0.495 e. The van der Waals surface area contributed by atoms with Crippen LogP contribution in [0.1, 0.15) is 16.8 Å². The Morgan fingerprint density at radius 3 is 2.62 bits per heavy atom. The first kappa shape index (κ1) is 19.3. The molecule has 152 valence electrons. The van der Waals surface area contributed by atoms with E-state index >= 15 is 0 Å². The molecule has 1 saturated heterocycles. The van der Waals surface area contributed by atoms with E-state index in [2.05, 4.69) is 15.9 Å². The summed E-state index contributed by atoms with van der Waals surface area (Å²) in [6, 6.07) is 13.2. The van der Waals surface area contributed by atoms with Gasteiger partial charge in [-0.05, 0) is 30.3 Å². The molecule has 7 heteroatoms. The Morgan fingerprint density at radius 2 is 1.86 bits per heavy atom. The number of benzene rings is 2. The van der Waals surface area contributed by atoms with Crippen molar-refractivity contribution in [2.75, 3.05) is 44.7 Å². The molecule has 0 amide bonds. The fourth-order valence-electron chi connectivity index (χ4n) is 3.81. The smallest absolute Gasteiger partial charge is 0.419 e. The van der Waals surface area contributed by atoms with Gasteiger partial charge in [-0.3, -0.25) is 14.3 Å². The SMILES string of the molecule is COc1ccccc1N1CCN(CCC(=O)c2ccc3c(c2)oc(=O)n3C)CC1. The van der Waals surface area contributed by atoms with Gasteiger partial charge in [-0.15, -0.1) is 0 Å². The van der Waals surface area contributed by atoms with E-state index < -0.39 is 5.76 Å². The van der Waals surface area contributed by atoms with Crippen LogP contribution in [-0.2, 0) is 7.05 Å². The number of aromatic nitrogens is 1. The van der Waals surface area contributed by atoms with Gasteiger partial charge in [0.05, 0.1) is 18.3 Å². The molecule has 1 aliphatic heterocycles. The van der Waals surface area contributed by atoms with Crippen LogP contribution in [-0.4, -0.2) is 55.1 Å². The summed E-state index contributed by atoms with van der Waals surface area (Å²) in [6.07, 6.45) is 0.442. The molecule has 0 aliphatic carbocycles. The van der Waals surface area contributed by atoms with Crippen LogP contribution in [0.3, 0.4) is 0 Å². The van der Waals surface area contributed by atoms with E-state index in [1.165, 1.54) is 4.57 Å². The number of aryl methyl sites for hydroxylation is 1. The number of hydrogen-bond acceptors (Lipinski definition) is 6. The molecule has 0 bridgehead atoms. The summed E-state index contributed by atoms with van der Waals surface area (Å²) >= 11 is 0. The summed E-state index contributed by atoms with van der Waals surface area (Å²) < 4.78 is 12.1. The van der Waals surface area contributed by atoms with Crippen LogP contribution in [0, 0.1) is 0 Å². The molecule has 1 aliphatic rings. The number of methoxy groups -OCH3 is 1. The Labute approximate surface area is 169 Å². The number of carbonyl (C=O) groups excluding carboxylic acids is 1. The van der Waals surface area contributed by atoms with Crippen LogP contribution in [0.2, 0.25) is 0 Å². The van der Waals surface area contributed by atoms with Gasteiger partial charge in [-0.2, -0.15) is 0 Å². The Balaban J connectivity index is 1.33. The molecule has 0 radical (unpaired) electrons. The molecule has 2 heterocycles. The maximum Gasteiger partial charge on any atom is 0.419 e. The molecule has 0 N–H and O–H groups in total. The molecule has 0 spiro atoms. The predicted molar refractivity (Wildman–Crippen MR) is 112 cm³/mol. The largest absolute Gasteiger partial charge is 0.495 e. The van der Waals surface area contributed by atoms with Gasteiger partial charge in [0, 0.05) is 51.8 Å². The highest BCUT2D eigenvalue weighted by Gasteiger charge is 2.20. The zero-order chi connectivity index (χ0) is 20.4. The van der Waals surface area contributed by atoms with Crippen molar-refractivity contribution in [3.8, 4) is 5.75 Å². The summed E-state index contributed by atoms with van der Waals surface area (Å²) in [4.78, 5) is 28.9. The minimum atomic E-state index is -0.419. The summed E-state index contributed by atoms with van der Waals surface area (Å²) in [7, 11) is 3.35. The van der Waals surface area contributed by atoms with E-state index in [9.17, 15) is 9.59 Å². The maximum atomic E-state index is 12.6. The van der Waals surface area contributed by atoms with Crippen LogP contribution in [0.15, 0.2) is 51.7 Å². The normalized spacial score (nSPS) is 15.0. The average Bonchev–Trinajstić information content (AvgIpc) is 3.05. The standard InChI is InChI=1S/C22H25N3O4/c1-23-17-8-7-16(15-21(17)29-22(23)27)19(26)9-10-24-11-13-25(14-12-24)18-5-3-4-6-20(18)28-2/h3-8,15H,9-14H2,1-2H3. The number of anilines is 1. The number of para-hydroxylation sites is 2. The van der Waals surface area contributed by atoms with Gasteiger partial charge in [-0.25, -0.2) is 4.79 Å². The highest BCUT2D eigenvalue weighted by molar-refractivity contribution is 5.98. The Kier molecular flexibility index (Phi) is 5.40. The van der Waals surface area contributed by atoms with Crippen molar-refractivity contribution in [2.24, 2.45) is 7.05 Å². The number of ether oxygens (including phenoxy) is 1. The number of nitrogens with zero attached hydrogens (tertiary/aromatic N) is 3. The molecule has 4 rings (SSSR count). The lowest BCUT2D eigenvalue weighted by Crippen LogP contribution is -2.47. The van der Waals surface area contributed by atoms with Crippen molar-refractivity contribution in [2.45, 2.75) is 6.42 Å². The Morgan fingerprint density at radius 1 is 1.10 bits per heavy atom. The lowest BCUT2D eigenvalue weighted by atomic mass is 10.1. The van der Waals surface area contributed by atoms with Crippen molar-refractivity contribution >= 4 is 22.6 Å². The number of rotatable bonds is 6. The van der Waals surface area contributed by atoms with E-state index in [0.29, 0.717) is 23.1 Å². The van der Waals surface area contributed by atoms with Gasteiger partial charge in [0.25, 0.3) is 0 Å². The Hall–Kier alpha value is -3.06. The number of hydrogen-bond donors (Lipinski definition) is 0. The summed E-state index contributed by atoms with van der Waals surface area (Å²) in [6.45, 7) is 4.32. The lowest BCUT2D eigenvalue weighted by molar-refractivity contribution is 0.0962. The zero-order valence-electron chi connectivity index (χ0n) is 16.8. The van der Waals surface area contributed by atoms with Crippen molar-refractivity contribution in [1.29, 1.82) is 0 Å². The number of Topliss-reactive ketones (excluding diaryl/α,β-unsaturated/α-hetero) is 1. The van der Waals surface area contributed by atoms with E-state index in [0.717, 1.165) is 44.2 Å². The Bertz CT molecular complexity index is 1080. The number of piperazine rings is 1. The van der Waals surface area contributed by atoms with Gasteiger partial charge < -0.3 is 14.1 Å². The molecule has 1 aromatic heterocycles. The molecule has 1 fully saturated rings. The van der Waals surface area contributed by atoms with Crippen LogP contribution in [0.4, 0.5) is 5.69 Å². The van der Waals surface area contributed by atoms with Crippen LogP contribution < -0.4 is 15.4 Å².